The van der Waals surface area contributed by atoms with Crippen molar-refractivity contribution in [2.45, 2.75) is 108 Å². The summed E-state index contributed by atoms with van der Waals surface area (Å²) in [6.07, 6.45) is 2.14. The Morgan fingerprint density at radius 2 is 1.64 bits per heavy atom. The molecule has 5 unspecified atom stereocenters. The molecule has 362 valence electrons. The quantitative estimate of drug-likeness (QED) is 0.0603. The summed E-state index contributed by atoms with van der Waals surface area (Å²) in [5.41, 5.74) is 7.20. The fourth-order valence-corrected chi connectivity index (χ4v) is 9.59. The lowest BCUT2D eigenvalue weighted by Crippen LogP contribution is -2.57. The molecule has 0 aliphatic carbocycles. The van der Waals surface area contributed by atoms with Gasteiger partial charge in [0, 0.05) is 37.9 Å². The molecule has 0 saturated carbocycles. The Morgan fingerprint density at radius 1 is 0.910 bits per heavy atom. The number of hydrogen-bond donors (Lipinski definition) is 7. The lowest BCUT2D eigenvalue weighted by molar-refractivity contribution is -0.141. The molecule has 3 aromatic rings. The number of carbonyl (C=O) groups excluding carboxylic acids is 7. The third kappa shape index (κ3) is 16.3. The second kappa shape index (κ2) is 25.7. The molecule has 7 amide bonds. The van der Waals surface area contributed by atoms with Crippen molar-refractivity contribution in [3.8, 4) is 0 Å². The Kier molecular flexibility index (Phi) is 19.9. The number of aliphatic carboxylic acids is 1. The maximum Gasteiger partial charge on any atom is 0.408 e. The average Bonchev–Trinajstić information content (AvgIpc) is 4.08. The van der Waals surface area contributed by atoms with Gasteiger partial charge in [0.25, 0.3) is 0 Å². The van der Waals surface area contributed by atoms with Crippen molar-refractivity contribution in [2.24, 2.45) is 10.7 Å². The van der Waals surface area contributed by atoms with Crippen LogP contribution in [0.2, 0.25) is 0 Å². The summed E-state index contributed by atoms with van der Waals surface area (Å²) in [4.78, 5) is 116. The predicted octanol–water partition coefficient (Wildman–Crippen LogP) is 2.74. The highest BCUT2D eigenvalue weighted by molar-refractivity contribution is 8.15. The molecule has 0 radical (unpaired) electrons. The molecule has 2 aliphatic rings. The van der Waals surface area contributed by atoms with Gasteiger partial charge in [-0.25, -0.2) is 14.6 Å². The van der Waals surface area contributed by atoms with Crippen molar-refractivity contribution in [2.75, 3.05) is 44.8 Å². The highest BCUT2D eigenvalue weighted by atomic mass is 32.2. The van der Waals surface area contributed by atoms with E-state index in [1.807, 2.05) is 25.1 Å². The predicted molar refractivity (Wildman–Crippen MR) is 254 cm³/mol. The van der Waals surface area contributed by atoms with Crippen LogP contribution in [0.5, 0.6) is 0 Å². The standard InChI is InChI=1S/C45H60N10O10S2/c1-27(56)47-21-9-7-14-31(38(58)48-29-17-18-30-36(24-29)67-42(51-30)41-52-34(26-66-41)44(62)63)49-39(59)32(15-8-10-22-54(2)3)50-40(60)35-16-11-23-55(35)43(61)33(19-20-37(46)57)53-45(64)65-25-28-12-5-4-6-13-28/h4-6,12-13,17-18,24,31-35H,7-11,14-16,19-23,25-26H2,1-3H3,(H2,46,57)(H,47,56)(H,48,58)(H,49,59)(H,50,60)(H,53,64)(H,62,63). The Hall–Kier alpha value is -6.13. The van der Waals surface area contributed by atoms with E-state index in [-0.39, 0.29) is 51.2 Å². The molecular formula is C45H60N10O10S2. The number of hydrogen-bond acceptors (Lipinski definition) is 14. The minimum absolute atomic E-state index is 0.0611. The van der Waals surface area contributed by atoms with E-state index in [1.54, 1.807) is 42.5 Å². The van der Waals surface area contributed by atoms with Gasteiger partial charge in [0.1, 0.15) is 40.8 Å². The molecule has 67 heavy (non-hydrogen) atoms. The largest absolute Gasteiger partial charge is 0.480 e. The van der Waals surface area contributed by atoms with Crippen molar-refractivity contribution in [1.29, 1.82) is 0 Å². The number of likely N-dealkylation sites (tertiary alicyclic amines) is 1. The van der Waals surface area contributed by atoms with E-state index in [2.05, 4.69) is 36.6 Å². The number of aromatic nitrogens is 1. The Morgan fingerprint density at radius 3 is 2.33 bits per heavy atom. The van der Waals surface area contributed by atoms with Crippen LogP contribution in [0.4, 0.5) is 10.5 Å². The summed E-state index contributed by atoms with van der Waals surface area (Å²) >= 11 is 2.63. The number of unbranched alkanes of at least 4 members (excludes halogenated alkanes) is 2. The molecule has 22 heteroatoms. The van der Waals surface area contributed by atoms with Gasteiger partial charge in [0.05, 0.1) is 10.2 Å². The van der Waals surface area contributed by atoms with Crippen molar-refractivity contribution in [3.63, 3.8) is 0 Å². The molecule has 5 atom stereocenters. The lowest BCUT2D eigenvalue weighted by Gasteiger charge is -2.30. The van der Waals surface area contributed by atoms with E-state index in [0.29, 0.717) is 65.7 Å². The summed E-state index contributed by atoms with van der Waals surface area (Å²) in [7, 11) is 3.85. The zero-order chi connectivity index (χ0) is 48.5. The topological polar surface area (TPSA) is 284 Å². The smallest absolute Gasteiger partial charge is 0.408 e. The minimum atomic E-state index is -1.23. The number of nitrogens with one attached hydrogen (secondary N) is 5. The third-order valence-electron chi connectivity index (χ3n) is 11.0. The van der Waals surface area contributed by atoms with Crippen LogP contribution in [0.1, 0.15) is 81.7 Å². The monoisotopic (exact) mass is 964 g/mol. The van der Waals surface area contributed by atoms with Gasteiger partial charge in [-0.15, -0.1) is 23.1 Å². The molecule has 0 bridgehead atoms. The van der Waals surface area contributed by atoms with Gasteiger partial charge in [-0.2, -0.15) is 0 Å². The molecule has 1 fully saturated rings. The van der Waals surface area contributed by atoms with E-state index in [9.17, 15) is 43.5 Å². The van der Waals surface area contributed by atoms with E-state index in [1.165, 1.54) is 34.9 Å². The van der Waals surface area contributed by atoms with Crippen LogP contribution in [-0.4, -0.2) is 142 Å². The van der Waals surface area contributed by atoms with Crippen molar-refractivity contribution in [3.05, 3.63) is 59.1 Å². The molecule has 2 aromatic carbocycles. The highest BCUT2D eigenvalue weighted by Gasteiger charge is 2.39. The van der Waals surface area contributed by atoms with Crippen LogP contribution in [0.25, 0.3) is 10.2 Å². The maximum atomic E-state index is 14.3. The number of benzene rings is 2. The van der Waals surface area contributed by atoms with Crippen molar-refractivity contribution in [1.82, 2.24) is 36.1 Å². The number of rotatable bonds is 25. The summed E-state index contributed by atoms with van der Waals surface area (Å²) in [6, 6.07) is 8.85. The number of nitrogens with two attached hydrogens (primary N) is 1. The van der Waals surface area contributed by atoms with E-state index < -0.39 is 71.8 Å². The van der Waals surface area contributed by atoms with Crippen molar-refractivity contribution >= 4 is 91.6 Å². The molecule has 2 aliphatic heterocycles. The molecular weight excluding hydrogens is 905 g/mol. The number of carboxylic acid groups (broad SMARTS) is 1. The fraction of sp³-hybridized carbons (Fsp3) is 0.511. The van der Waals surface area contributed by atoms with Gasteiger partial charge >= 0.3 is 12.1 Å². The number of carbonyl (C=O) groups is 8. The van der Waals surface area contributed by atoms with Gasteiger partial charge in [-0.3, -0.25) is 33.8 Å². The molecule has 0 spiro atoms. The number of nitrogens with zero attached hydrogens (tertiary/aromatic N) is 4. The molecule has 5 rings (SSSR count). The first-order chi connectivity index (χ1) is 32.1. The number of alkyl carbamates (subject to hydrolysis) is 1. The number of anilines is 1. The van der Waals surface area contributed by atoms with Crippen LogP contribution >= 0.6 is 23.1 Å². The zero-order valence-corrected chi connectivity index (χ0v) is 39.5. The molecule has 1 aromatic heterocycles. The number of thiazole rings is 1. The summed E-state index contributed by atoms with van der Waals surface area (Å²) in [5.74, 6) is -3.88. The minimum Gasteiger partial charge on any atom is -0.480 e. The van der Waals surface area contributed by atoms with Gasteiger partial charge in [-0.05, 0) is 102 Å². The third-order valence-corrected chi connectivity index (χ3v) is 13.2. The highest BCUT2D eigenvalue weighted by Crippen LogP contribution is 2.31. The van der Waals surface area contributed by atoms with Gasteiger partial charge in [0.2, 0.25) is 35.4 Å². The number of fused-ring (bicyclic) bond motifs is 1. The summed E-state index contributed by atoms with van der Waals surface area (Å²) in [5, 5.41) is 24.4. The fourth-order valence-electron chi connectivity index (χ4n) is 7.49. The molecule has 1 saturated heterocycles. The summed E-state index contributed by atoms with van der Waals surface area (Å²) < 4.78 is 6.06. The first kappa shape index (κ1) is 51.8. The lowest BCUT2D eigenvalue weighted by atomic mass is 10.0. The number of carboxylic acids is 1. The van der Waals surface area contributed by atoms with Crippen LogP contribution < -0.4 is 32.3 Å². The van der Waals surface area contributed by atoms with Gasteiger partial charge in [-0.1, -0.05) is 30.3 Å². The maximum absolute atomic E-state index is 14.3. The Balaban J connectivity index is 1.30. The first-order valence-corrected chi connectivity index (χ1v) is 24.1. The van der Waals surface area contributed by atoms with Gasteiger partial charge < -0.3 is 52.0 Å². The zero-order valence-electron chi connectivity index (χ0n) is 37.9. The molecule has 3 heterocycles. The Bertz CT molecular complexity index is 2280. The number of thioether (sulfide) groups is 1. The SMILES string of the molecule is CC(=O)NCCCCC(NC(=O)C(CCCCN(C)C)NC(=O)C1CCCN1C(=O)C(CCC(N)=O)NC(=O)OCc1ccccc1)C(=O)Nc1ccc2nc(C3=NC(C(=O)O)CS3)sc2c1. The van der Waals surface area contributed by atoms with Crippen molar-refractivity contribution < 1.29 is 48.2 Å². The number of ether oxygens (including phenoxy) is 1. The number of amides is 7. The first-order valence-electron chi connectivity index (χ1n) is 22.3. The van der Waals surface area contributed by atoms with E-state index in [4.69, 9.17) is 10.5 Å². The van der Waals surface area contributed by atoms with Gasteiger partial charge in [0.15, 0.2) is 6.04 Å². The second-order valence-corrected chi connectivity index (χ2v) is 18.7. The average molecular weight is 965 g/mol. The normalized spacial score (nSPS) is 17.0. The van der Waals surface area contributed by atoms with Crippen LogP contribution in [0.3, 0.4) is 0 Å². The van der Waals surface area contributed by atoms with Crippen LogP contribution in [0.15, 0.2) is 53.5 Å². The molecule has 20 nitrogen and oxygen atoms in total. The number of primary amides is 1. The van der Waals surface area contributed by atoms with Crippen LogP contribution in [-0.2, 0) is 44.9 Å². The second-order valence-electron chi connectivity index (χ2n) is 16.6. The van der Waals surface area contributed by atoms with E-state index in [0.717, 1.165) is 16.8 Å². The Labute approximate surface area is 397 Å². The van der Waals surface area contributed by atoms with Crippen LogP contribution in [0, 0.1) is 0 Å². The van der Waals surface area contributed by atoms with E-state index >= 15 is 0 Å². The summed E-state index contributed by atoms with van der Waals surface area (Å²) in [6.45, 7) is 2.62. The number of aliphatic imine (C=N–C) groups is 1. The molecule has 8 N–H and O–H groups in total.